The van der Waals surface area contributed by atoms with Crippen molar-refractivity contribution in [2.24, 2.45) is 0 Å². The van der Waals surface area contributed by atoms with Crippen LogP contribution >= 0.6 is 0 Å². The molecule has 0 saturated heterocycles. The Morgan fingerprint density at radius 1 is 1.48 bits per heavy atom. The standard InChI is InChI=1S/C17H22N4O4/c1-23-5-4-21-15-10-24-9-12(13(15)8-19-21)7-18-17(22)14-6-16(25-20-14)11-2-3-11/h6,8,11-12H,2-5,7,9-10H2,1H3,(H,18,22). The summed E-state index contributed by atoms with van der Waals surface area (Å²) < 4.78 is 17.9. The van der Waals surface area contributed by atoms with Crippen LogP contribution < -0.4 is 5.32 Å². The lowest BCUT2D eigenvalue weighted by molar-refractivity contribution is 0.0793. The van der Waals surface area contributed by atoms with E-state index < -0.39 is 0 Å². The Morgan fingerprint density at radius 3 is 3.16 bits per heavy atom. The molecule has 8 nitrogen and oxygen atoms in total. The van der Waals surface area contributed by atoms with Gasteiger partial charge in [0.1, 0.15) is 5.76 Å². The van der Waals surface area contributed by atoms with E-state index in [2.05, 4.69) is 15.6 Å². The van der Waals surface area contributed by atoms with Gasteiger partial charge in [0.2, 0.25) is 0 Å². The predicted molar refractivity (Wildman–Crippen MR) is 87.3 cm³/mol. The van der Waals surface area contributed by atoms with Crippen molar-refractivity contribution in [2.45, 2.75) is 37.8 Å². The van der Waals surface area contributed by atoms with E-state index in [1.807, 2.05) is 10.9 Å². The van der Waals surface area contributed by atoms with Gasteiger partial charge in [-0.25, -0.2) is 0 Å². The third-order valence-corrected chi connectivity index (χ3v) is 4.74. The first-order valence-corrected chi connectivity index (χ1v) is 8.62. The second kappa shape index (κ2) is 6.97. The third kappa shape index (κ3) is 3.45. The summed E-state index contributed by atoms with van der Waals surface area (Å²) in [6.45, 7) is 2.88. The quantitative estimate of drug-likeness (QED) is 0.816. The fourth-order valence-corrected chi connectivity index (χ4v) is 3.11. The van der Waals surface area contributed by atoms with Crippen molar-refractivity contribution < 1.29 is 18.8 Å². The van der Waals surface area contributed by atoms with Crippen LogP contribution in [0.3, 0.4) is 0 Å². The minimum absolute atomic E-state index is 0.0822. The largest absolute Gasteiger partial charge is 0.383 e. The van der Waals surface area contributed by atoms with Gasteiger partial charge in [-0.05, 0) is 12.8 Å². The molecule has 1 N–H and O–H groups in total. The van der Waals surface area contributed by atoms with Gasteiger partial charge in [0, 0.05) is 37.1 Å². The number of ether oxygens (including phenoxy) is 2. The summed E-state index contributed by atoms with van der Waals surface area (Å²) in [6.07, 6.45) is 4.10. The van der Waals surface area contributed by atoms with E-state index in [0.29, 0.717) is 44.5 Å². The molecule has 2 aliphatic rings. The SMILES string of the molecule is COCCn1ncc2c1COCC2CNC(=O)c1cc(C2CC2)on1. The number of aromatic nitrogens is 3. The number of amides is 1. The Morgan fingerprint density at radius 2 is 2.36 bits per heavy atom. The highest BCUT2D eigenvalue weighted by atomic mass is 16.5. The van der Waals surface area contributed by atoms with E-state index in [1.165, 1.54) is 0 Å². The van der Waals surface area contributed by atoms with E-state index in [9.17, 15) is 4.79 Å². The van der Waals surface area contributed by atoms with Crippen LogP contribution in [0.25, 0.3) is 0 Å². The highest BCUT2D eigenvalue weighted by Crippen LogP contribution is 2.40. The molecule has 1 aliphatic carbocycles. The van der Waals surface area contributed by atoms with Gasteiger partial charge in [-0.15, -0.1) is 0 Å². The van der Waals surface area contributed by atoms with Crippen molar-refractivity contribution in [1.82, 2.24) is 20.3 Å². The molecule has 0 bridgehead atoms. The van der Waals surface area contributed by atoms with Crippen LogP contribution in [0.2, 0.25) is 0 Å². The molecule has 0 aromatic carbocycles. The van der Waals surface area contributed by atoms with Crippen molar-refractivity contribution in [2.75, 3.05) is 26.9 Å². The van der Waals surface area contributed by atoms with Gasteiger partial charge >= 0.3 is 0 Å². The molecule has 2 aromatic rings. The lowest BCUT2D eigenvalue weighted by Crippen LogP contribution is -2.32. The Balaban J connectivity index is 1.38. The molecule has 1 atom stereocenters. The molecule has 1 unspecified atom stereocenters. The number of hydrogen-bond acceptors (Lipinski definition) is 6. The van der Waals surface area contributed by atoms with Gasteiger partial charge in [-0.1, -0.05) is 5.16 Å². The minimum atomic E-state index is -0.213. The van der Waals surface area contributed by atoms with Crippen molar-refractivity contribution >= 4 is 5.91 Å². The highest BCUT2D eigenvalue weighted by molar-refractivity contribution is 5.92. The topological polar surface area (TPSA) is 91.4 Å². The van der Waals surface area contributed by atoms with Crippen LogP contribution in [0.5, 0.6) is 0 Å². The van der Waals surface area contributed by atoms with Gasteiger partial charge in [-0.3, -0.25) is 9.48 Å². The van der Waals surface area contributed by atoms with E-state index >= 15 is 0 Å². The summed E-state index contributed by atoms with van der Waals surface area (Å²) in [5.41, 5.74) is 2.52. The fourth-order valence-electron chi connectivity index (χ4n) is 3.11. The highest BCUT2D eigenvalue weighted by Gasteiger charge is 2.29. The summed E-state index contributed by atoms with van der Waals surface area (Å²) in [6, 6.07) is 1.75. The number of methoxy groups -OCH3 is 1. The first-order chi connectivity index (χ1) is 12.3. The van der Waals surface area contributed by atoms with Crippen LogP contribution in [-0.4, -0.2) is 47.7 Å². The molecule has 25 heavy (non-hydrogen) atoms. The molecule has 0 spiro atoms. The van der Waals surface area contributed by atoms with Crippen LogP contribution in [0.15, 0.2) is 16.8 Å². The number of hydrogen-bond donors (Lipinski definition) is 1. The molecule has 1 aliphatic heterocycles. The zero-order valence-corrected chi connectivity index (χ0v) is 14.2. The summed E-state index contributed by atoms with van der Waals surface area (Å²) >= 11 is 0. The number of fused-ring (bicyclic) bond motifs is 1. The molecular formula is C17H22N4O4. The van der Waals surface area contributed by atoms with Gasteiger partial charge in [0.05, 0.1) is 38.3 Å². The maximum atomic E-state index is 12.3. The molecule has 1 saturated carbocycles. The van der Waals surface area contributed by atoms with Gasteiger partial charge in [0.15, 0.2) is 5.69 Å². The number of nitrogens with zero attached hydrogens (tertiary/aromatic N) is 3. The Bertz CT molecular complexity index is 750. The average molecular weight is 346 g/mol. The summed E-state index contributed by atoms with van der Waals surface area (Å²) in [4.78, 5) is 12.3. The molecule has 2 aromatic heterocycles. The number of carbonyl (C=O) groups excluding carboxylic acids is 1. The lowest BCUT2D eigenvalue weighted by Gasteiger charge is -2.23. The maximum absolute atomic E-state index is 12.3. The van der Waals surface area contributed by atoms with Crippen molar-refractivity contribution in [3.8, 4) is 0 Å². The van der Waals surface area contributed by atoms with Gasteiger partial charge < -0.3 is 19.3 Å². The summed E-state index contributed by atoms with van der Waals surface area (Å²) in [7, 11) is 1.67. The monoisotopic (exact) mass is 346 g/mol. The third-order valence-electron chi connectivity index (χ3n) is 4.74. The lowest BCUT2D eigenvalue weighted by atomic mass is 9.98. The second-order valence-electron chi connectivity index (χ2n) is 6.57. The van der Waals surface area contributed by atoms with Gasteiger partial charge in [-0.2, -0.15) is 5.10 Å². The first-order valence-electron chi connectivity index (χ1n) is 8.62. The van der Waals surface area contributed by atoms with Crippen molar-refractivity contribution in [3.05, 3.63) is 35.0 Å². The summed E-state index contributed by atoms with van der Waals surface area (Å²) in [5, 5.41) is 11.2. The van der Waals surface area contributed by atoms with Crippen LogP contribution in [0, 0.1) is 0 Å². The fraction of sp³-hybridized carbons (Fsp3) is 0.588. The average Bonchev–Trinajstić information content (AvgIpc) is 3.21. The summed E-state index contributed by atoms with van der Waals surface area (Å²) in [5.74, 6) is 1.13. The van der Waals surface area contributed by atoms with E-state index in [4.69, 9.17) is 14.0 Å². The van der Waals surface area contributed by atoms with Crippen LogP contribution in [-0.2, 0) is 22.6 Å². The molecule has 1 fully saturated rings. The van der Waals surface area contributed by atoms with Crippen molar-refractivity contribution in [3.63, 3.8) is 0 Å². The molecular weight excluding hydrogens is 324 g/mol. The van der Waals surface area contributed by atoms with Crippen LogP contribution in [0.4, 0.5) is 0 Å². The van der Waals surface area contributed by atoms with E-state index in [-0.39, 0.29) is 11.8 Å². The predicted octanol–water partition coefficient (Wildman–Crippen LogP) is 1.44. The normalized spacial score (nSPS) is 19.6. The minimum Gasteiger partial charge on any atom is -0.383 e. The van der Waals surface area contributed by atoms with Crippen LogP contribution in [0.1, 0.15) is 52.2 Å². The zero-order valence-electron chi connectivity index (χ0n) is 14.2. The maximum Gasteiger partial charge on any atom is 0.273 e. The second-order valence-corrected chi connectivity index (χ2v) is 6.57. The van der Waals surface area contributed by atoms with Crippen molar-refractivity contribution in [1.29, 1.82) is 0 Å². The van der Waals surface area contributed by atoms with E-state index in [1.54, 1.807) is 13.2 Å². The number of nitrogens with one attached hydrogen (secondary N) is 1. The van der Waals surface area contributed by atoms with E-state index in [0.717, 1.165) is 29.9 Å². The molecule has 1 amide bonds. The van der Waals surface area contributed by atoms with Gasteiger partial charge in [0.25, 0.3) is 5.91 Å². The Labute approximate surface area is 145 Å². The first kappa shape index (κ1) is 16.3. The smallest absolute Gasteiger partial charge is 0.273 e. The molecule has 3 heterocycles. The molecule has 4 rings (SSSR count). The molecule has 0 radical (unpaired) electrons. The Kier molecular flexibility index (Phi) is 4.54. The molecule has 8 heteroatoms. The Hall–Kier alpha value is -2.19. The molecule has 134 valence electrons. The number of rotatable bonds is 7. The zero-order chi connectivity index (χ0) is 17.2. The number of carbonyl (C=O) groups is 1.